The molecule has 1 unspecified atom stereocenters. The van der Waals surface area contributed by atoms with Crippen LogP contribution in [-0.2, 0) is 26.2 Å². The van der Waals surface area contributed by atoms with Crippen LogP contribution in [0.2, 0.25) is 10.0 Å². The Hall–Kier alpha value is -2.34. The Morgan fingerprint density at radius 3 is 2.08 bits per heavy atom. The van der Waals surface area contributed by atoms with E-state index in [1.54, 1.807) is 67.6 Å². The number of nitrogens with one attached hydrogen (secondary N) is 1. The van der Waals surface area contributed by atoms with E-state index in [0.717, 1.165) is 7.88 Å². The number of carbonyl (C=O) groups is 2. The van der Waals surface area contributed by atoms with Crippen LogP contribution in [0.15, 0.2) is 77.7 Å². The highest BCUT2D eigenvalue weighted by atomic mass is 127. The second kappa shape index (κ2) is 14.5. The smallest absolute Gasteiger partial charge is 0.264 e. The Morgan fingerprint density at radius 1 is 0.925 bits per heavy atom. The SMILES string of the molecule is CCC(C(=O)NCC(C)C)N(Cc1c(Cl)cccc1Cl)C(=O)CN(c1ccc(I)cc1)S(=O)(=O)c1ccccc1. The maximum Gasteiger partial charge on any atom is 0.264 e. The highest BCUT2D eigenvalue weighted by molar-refractivity contribution is 14.1. The lowest BCUT2D eigenvalue weighted by molar-refractivity contribution is -0.140. The lowest BCUT2D eigenvalue weighted by Crippen LogP contribution is -2.52. The predicted molar refractivity (Wildman–Crippen MR) is 169 cm³/mol. The molecule has 0 fully saturated rings. The summed E-state index contributed by atoms with van der Waals surface area (Å²) >= 11 is 15.0. The minimum atomic E-state index is -4.13. The predicted octanol–water partition coefficient (Wildman–Crippen LogP) is 6.37. The molecule has 0 saturated heterocycles. The maximum absolute atomic E-state index is 14.1. The minimum Gasteiger partial charge on any atom is -0.354 e. The summed E-state index contributed by atoms with van der Waals surface area (Å²) in [5, 5.41) is 3.58. The fourth-order valence-corrected chi connectivity index (χ4v) is 6.36. The van der Waals surface area contributed by atoms with E-state index in [9.17, 15) is 18.0 Å². The minimum absolute atomic E-state index is 0.0452. The molecule has 0 aliphatic carbocycles. The molecule has 3 aromatic rings. The van der Waals surface area contributed by atoms with E-state index in [4.69, 9.17) is 23.2 Å². The van der Waals surface area contributed by atoms with Gasteiger partial charge in [0, 0.05) is 32.3 Å². The van der Waals surface area contributed by atoms with E-state index < -0.39 is 28.5 Å². The van der Waals surface area contributed by atoms with Crippen LogP contribution in [0, 0.1) is 9.49 Å². The number of hydrogen-bond donors (Lipinski definition) is 1. The number of carbonyl (C=O) groups excluding carboxylic acids is 2. The zero-order valence-electron chi connectivity index (χ0n) is 22.5. The van der Waals surface area contributed by atoms with E-state index in [2.05, 4.69) is 27.9 Å². The van der Waals surface area contributed by atoms with E-state index in [-0.39, 0.29) is 23.3 Å². The van der Waals surface area contributed by atoms with Gasteiger partial charge in [-0.15, -0.1) is 0 Å². The second-order valence-electron chi connectivity index (χ2n) is 9.59. The van der Waals surface area contributed by atoms with Gasteiger partial charge >= 0.3 is 0 Å². The summed E-state index contributed by atoms with van der Waals surface area (Å²) in [5.74, 6) is -0.698. The van der Waals surface area contributed by atoms with Gasteiger partial charge < -0.3 is 10.2 Å². The molecule has 0 spiro atoms. The Kier molecular flexibility index (Phi) is 11.7. The molecule has 214 valence electrons. The molecule has 0 heterocycles. The molecular formula is C29H32Cl2IN3O4S. The Labute approximate surface area is 260 Å². The summed E-state index contributed by atoms with van der Waals surface area (Å²) in [7, 11) is -4.13. The van der Waals surface area contributed by atoms with Crippen LogP contribution in [0.25, 0.3) is 0 Å². The molecule has 0 aliphatic heterocycles. The molecule has 2 amide bonds. The Bertz CT molecular complexity index is 1400. The van der Waals surface area contributed by atoms with E-state index in [1.165, 1.54) is 17.0 Å². The van der Waals surface area contributed by atoms with Crippen molar-refractivity contribution in [2.24, 2.45) is 5.92 Å². The normalized spacial score (nSPS) is 12.2. The number of amides is 2. The van der Waals surface area contributed by atoms with Crippen molar-refractivity contribution in [3.8, 4) is 0 Å². The van der Waals surface area contributed by atoms with Crippen LogP contribution in [-0.4, -0.2) is 44.3 Å². The fourth-order valence-electron chi connectivity index (χ4n) is 4.05. The number of anilines is 1. The molecule has 0 aliphatic rings. The third kappa shape index (κ3) is 8.11. The summed E-state index contributed by atoms with van der Waals surface area (Å²) < 4.78 is 29.6. The fraction of sp³-hybridized carbons (Fsp3) is 0.310. The van der Waals surface area contributed by atoms with Gasteiger partial charge in [0.05, 0.1) is 10.6 Å². The zero-order chi connectivity index (χ0) is 29.4. The quantitative estimate of drug-likeness (QED) is 0.221. The van der Waals surface area contributed by atoms with Gasteiger partial charge in [-0.1, -0.05) is 68.2 Å². The first-order valence-electron chi connectivity index (χ1n) is 12.8. The lowest BCUT2D eigenvalue weighted by atomic mass is 10.1. The van der Waals surface area contributed by atoms with Crippen molar-refractivity contribution in [1.29, 1.82) is 0 Å². The van der Waals surface area contributed by atoms with Crippen molar-refractivity contribution >= 4 is 73.3 Å². The molecule has 0 aromatic heterocycles. The molecule has 3 rings (SSSR count). The average Bonchev–Trinajstić information content (AvgIpc) is 2.92. The van der Waals surface area contributed by atoms with Crippen LogP contribution >= 0.6 is 45.8 Å². The Morgan fingerprint density at radius 2 is 1.52 bits per heavy atom. The monoisotopic (exact) mass is 715 g/mol. The van der Waals surface area contributed by atoms with Crippen molar-refractivity contribution in [2.75, 3.05) is 17.4 Å². The van der Waals surface area contributed by atoms with Crippen molar-refractivity contribution < 1.29 is 18.0 Å². The largest absolute Gasteiger partial charge is 0.354 e. The molecule has 0 bridgehead atoms. The first-order chi connectivity index (χ1) is 18.9. The van der Waals surface area contributed by atoms with E-state index in [0.29, 0.717) is 34.3 Å². The second-order valence-corrected chi connectivity index (χ2v) is 13.5. The number of halogens is 3. The third-order valence-electron chi connectivity index (χ3n) is 6.19. The summed E-state index contributed by atoms with van der Waals surface area (Å²) in [5.41, 5.74) is 0.798. The van der Waals surface area contributed by atoms with Crippen molar-refractivity contribution in [3.63, 3.8) is 0 Å². The van der Waals surface area contributed by atoms with Crippen LogP contribution in [0.3, 0.4) is 0 Å². The van der Waals surface area contributed by atoms with E-state index in [1.807, 2.05) is 13.8 Å². The summed E-state index contributed by atoms with van der Waals surface area (Å²) in [6.07, 6.45) is 0.298. The van der Waals surface area contributed by atoms with Crippen LogP contribution in [0.1, 0.15) is 32.8 Å². The van der Waals surface area contributed by atoms with Crippen LogP contribution < -0.4 is 9.62 Å². The van der Waals surface area contributed by atoms with Gasteiger partial charge in [0.1, 0.15) is 12.6 Å². The summed E-state index contributed by atoms with van der Waals surface area (Å²) in [6.45, 7) is 5.57. The van der Waals surface area contributed by atoms with Gasteiger partial charge in [-0.2, -0.15) is 0 Å². The number of rotatable bonds is 12. The molecule has 3 aromatic carbocycles. The van der Waals surface area contributed by atoms with Crippen molar-refractivity contribution in [1.82, 2.24) is 10.2 Å². The first kappa shape index (κ1) is 32.2. The van der Waals surface area contributed by atoms with Gasteiger partial charge in [0.25, 0.3) is 10.0 Å². The Balaban J connectivity index is 2.07. The highest BCUT2D eigenvalue weighted by Gasteiger charge is 2.34. The lowest BCUT2D eigenvalue weighted by Gasteiger charge is -2.33. The highest BCUT2D eigenvalue weighted by Crippen LogP contribution is 2.29. The average molecular weight is 716 g/mol. The van der Waals surface area contributed by atoms with Crippen LogP contribution in [0.5, 0.6) is 0 Å². The molecule has 1 atom stereocenters. The first-order valence-corrected chi connectivity index (χ1v) is 16.1. The van der Waals surface area contributed by atoms with Gasteiger partial charge in [-0.25, -0.2) is 8.42 Å². The van der Waals surface area contributed by atoms with Gasteiger partial charge in [0.15, 0.2) is 0 Å². The van der Waals surface area contributed by atoms with Crippen molar-refractivity contribution in [2.45, 2.75) is 44.7 Å². The summed E-state index contributed by atoms with van der Waals surface area (Å²) in [6, 6.07) is 18.9. The molecule has 7 nitrogen and oxygen atoms in total. The number of benzene rings is 3. The topological polar surface area (TPSA) is 86.8 Å². The number of sulfonamides is 1. The standard InChI is InChI=1S/C29H32Cl2IN3O4S/c1-4-27(29(37)33-17-20(2)3)34(18-24-25(30)11-8-12-26(24)31)28(36)19-35(22-15-13-21(32)14-16-22)40(38,39)23-9-6-5-7-10-23/h5-16,20,27H,4,17-19H2,1-3H3,(H,33,37). The number of nitrogens with zero attached hydrogens (tertiary/aromatic N) is 2. The maximum atomic E-state index is 14.1. The van der Waals surface area contributed by atoms with Crippen molar-refractivity contribution in [3.05, 3.63) is 92.0 Å². The molecule has 11 heteroatoms. The van der Waals surface area contributed by atoms with E-state index >= 15 is 0 Å². The molecular weight excluding hydrogens is 684 g/mol. The van der Waals surface area contributed by atoms with Gasteiger partial charge in [-0.05, 0) is 83.5 Å². The number of hydrogen-bond acceptors (Lipinski definition) is 4. The van der Waals surface area contributed by atoms with Gasteiger partial charge in [0.2, 0.25) is 11.8 Å². The third-order valence-corrected chi connectivity index (χ3v) is 9.40. The summed E-state index contributed by atoms with van der Waals surface area (Å²) in [4.78, 5) is 28.8. The molecule has 0 saturated carbocycles. The molecule has 1 N–H and O–H groups in total. The molecule has 0 radical (unpaired) electrons. The zero-order valence-corrected chi connectivity index (χ0v) is 27.0. The molecule has 40 heavy (non-hydrogen) atoms. The van der Waals surface area contributed by atoms with Crippen LogP contribution in [0.4, 0.5) is 5.69 Å². The van der Waals surface area contributed by atoms with Gasteiger partial charge in [-0.3, -0.25) is 13.9 Å².